The van der Waals surface area contributed by atoms with Crippen LogP contribution in [0.25, 0.3) is 0 Å². The molecule has 156 valence electrons. The molecule has 2 aromatic rings. The van der Waals surface area contributed by atoms with Gasteiger partial charge in [0.05, 0.1) is 18.8 Å². The highest BCUT2D eigenvalue weighted by Crippen LogP contribution is 2.29. The Labute approximate surface area is 168 Å². The van der Waals surface area contributed by atoms with E-state index in [9.17, 15) is 13.2 Å². The van der Waals surface area contributed by atoms with Crippen molar-refractivity contribution in [3.63, 3.8) is 0 Å². The minimum Gasteiger partial charge on any atom is -0.378 e. The number of rotatable bonds is 5. The van der Waals surface area contributed by atoms with E-state index in [0.717, 1.165) is 49.6 Å². The van der Waals surface area contributed by atoms with Gasteiger partial charge in [-0.1, -0.05) is 24.3 Å². The summed E-state index contributed by atoms with van der Waals surface area (Å²) in [5.41, 5.74) is 2.39. The van der Waals surface area contributed by atoms with Crippen molar-refractivity contribution >= 4 is 11.6 Å². The molecular formula is C21H25F3N4O. The molecule has 29 heavy (non-hydrogen) atoms. The van der Waals surface area contributed by atoms with E-state index in [-0.39, 0.29) is 0 Å². The van der Waals surface area contributed by atoms with Crippen LogP contribution in [0.2, 0.25) is 0 Å². The lowest BCUT2D eigenvalue weighted by molar-refractivity contribution is -0.137. The highest BCUT2D eigenvalue weighted by molar-refractivity contribution is 5.79. The number of guanidine groups is 1. The second-order valence-electron chi connectivity index (χ2n) is 6.74. The highest BCUT2D eigenvalue weighted by Gasteiger charge is 2.29. The number of halogens is 3. The van der Waals surface area contributed by atoms with Gasteiger partial charge in [-0.25, -0.2) is 0 Å². The number of nitrogens with one attached hydrogen (secondary N) is 2. The summed E-state index contributed by atoms with van der Waals surface area (Å²) >= 11 is 0. The number of aliphatic imine (C=N–C) groups is 1. The SMILES string of the molecule is CN=C(NCc1ccc(N2CCOCC2)cc1)NCc1ccc(C(F)(F)F)cc1. The van der Waals surface area contributed by atoms with Crippen LogP contribution >= 0.6 is 0 Å². The Kier molecular flexibility index (Phi) is 6.98. The van der Waals surface area contributed by atoms with Gasteiger partial charge in [-0.15, -0.1) is 0 Å². The fraction of sp³-hybridized carbons (Fsp3) is 0.381. The molecule has 2 aromatic carbocycles. The van der Waals surface area contributed by atoms with Crippen molar-refractivity contribution in [1.29, 1.82) is 0 Å². The average molecular weight is 406 g/mol. The summed E-state index contributed by atoms with van der Waals surface area (Å²) in [6.07, 6.45) is -4.32. The molecule has 0 amide bonds. The quantitative estimate of drug-likeness (QED) is 0.590. The summed E-state index contributed by atoms with van der Waals surface area (Å²) in [6, 6.07) is 13.4. The van der Waals surface area contributed by atoms with Crippen molar-refractivity contribution in [2.45, 2.75) is 19.3 Å². The van der Waals surface area contributed by atoms with Crippen molar-refractivity contribution in [3.05, 3.63) is 65.2 Å². The van der Waals surface area contributed by atoms with Crippen LogP contribution in [0.4, 0.5) is 18.9 Å². The van der Waals surface area contributed by atoms with E-state index in [2.05, 4.69) is 44.8 Å². The minimum atomic E-state index is -4.32. The molecule has 1 fully saturated rings. The third kappa shape index (κ3) is 6.12. The Morgan fingerprint density at radius 2 is 1.45 bits per heavy atom. The van der Waals surface area contributed by atoms with E-state index in [0.29, 0.717) is 19.0 Å². The molecule has 0 bridgehead atoms. The molecule has 0 aliphatic carbocycles. The maximum Gasteiger partial charge on any atom is 0.416 e. The standard InChI is InChI=1S/C21H25F3N4O/c1-25-20(26-14-16-2-6-18(7-3-16)21(22,23)24)27-15-17-4-8-19(9-5-17)28-10-12-29-13-11-28/h2-9H,10-15H2,1H3,(H2,25,26,27). The van der Waals surface area contributed by atoms with Crippen LogP contribution < -0.4 is 15.5 Å². The molecule has 0 radical (unpaired) electrons. The number of benzene rings is 2. The third-order valence-electron chi connectivity index (χ3n) is 4.74. The van der Waals surface area contributed by atoms with E-state index in [4.69, 9.17) is 4.74 Å². The number of morpholine rings is 1. The maximum absolute atomic E-state index is 12.6. The van der Waals surface area contributed by atoms with Crippen LogP contribution in [-0.2, 0) is 24.0 Å². The minimum absolute atomic E-state index is 0.383. The van der Waals surface area contributed by atoms with Gasteiger partial charge in [-0.2, -0.15) is 13.2 Å². The Bertz CT molecular complexity index is 798. The summed E-state index contributed by atoms with van der Waals surface area (Å²) in [5.74, 6) is 0.585. The fourth-order valence-corrected chi connectivity index (χ4v) is 3.05. The van der Waals surface area contributed by atoms with Gasteiger partial charge in [-0.3, -0.25) is 4.99 Å². The largest absolute Gasteiger partial charge is 0.416 e. The molecule has 0 atom stereocenters. The normalized spacial score (nSPS) is 15.3. The van der Waals surface area contributed by atoms with Crippen LogP contribution in [-0.4, -0.2) is 39.3 Å². The maximum atomic E-state index is 12.6. The topological polar surface area (TPSA) is 48.9 Å². The molecule has 1 saturated heterocycles. The van der Waals surface area contributed by atoms with Gasteiger partial charge >= 0.3 is 6.18 Å². The first-order chi connectivity index (χ1) is 14.0. The molecule has 8 heteroatoms. The second kappa shape index (κ2) is 9.65. The summed E-state index contributed by atoms with van der Waals surface area (Å²) in [5, 5.41) is 6.33. The zero-order valence-electron chi connectivity index (χ0n) is 16.3. The molecule has 0 aromatic heterocycles. The number of nitrogens with zero attached hydrogens (tertiary/aromatic N) is 2. The Balaban J connectivity index is 1.47. The van der Waals surface area contributed by atoms with Gasteiger partial charge in [0.2, 0.25) is 0 Å². The average Bonchev–Trinajstić information content (AvgIpc) is 2.74. The summed E-state index contributed by atoms with van der Waals surface area (Å²) < 4.78 is 43.3. The van der Waals surface area contributed by atoms with Crippen LogP contribution in [0.15, 0.2) is 53.5 Å². The van der Waals surface area contributed by atoms with E-state index in [1.54, 1.807) is 7.05 Å². The first-order valence-corrected chi connectivity index (χ1v) is 9.48. The Morgan fingerprint density at radius 3 is 1.93 bits per heavy atom. The van der Waals surface area contributed by atoms with E-state index >= 15 is 0 Å². The van der Waals surface area contributed by atoms with Crippen molar-refractivity contribution < 1.29 is 17.9 Å². The fourth-order valence-electron chi connectivity index (χ4n) is 3.05. The van der Waals surface area contributed by atoms with E-state index in [1.807, 2.05) is 0 Å². The van der Waals surface area contributed by atoms with Crippen LogP contribution in [0.3, 0.4) is 0 Å². The number of anilines is 1. The Hall–Kier alpha value is -2.74. The van der Waals surface area contributed by atoms with Crippen molar-refractivity contribution in [2.75, 3.05) is 38.3 Å². The first kappa shape index (κ1) is 21.0. The second-order valence-corrected chi connectivity index (χ2v) is 6.74. The molecular weight excluding hydrogens is 381 g/mol. The molecule has 1 heterocycles. The molecule has 3 rings (SSSR count). The third-order valence-corrected chi connectivity index (χ3v) is 4.74. The zero-order valence-corrected chi connectivity index (χ0v) is 16.3. The molecule has 5 nitrogen and oxygen atoms in total. The number of alkyl halides is 3. The van der Waals surface area contributed by atoms with Gasteiger partial charge in [-0.05, 0) is 35.4 Å². The number of hydrogen-bond donors (Lipinski definition) is 2. The summed E-state index contributed by atoms with van der Waals surface area (Å²) in [7, 11) is 1.66. The lowest BCUT2D eigenvalue weighted by Gasteiger charge is -2.28. The molecule has 0 spiro atoms. The summed E-state index contributed by atoms with van der Waals surface area (Å²) in [6.45, 7) is 4.29. The smallest absolute Gasteiger partial charge is 0.378 e. The number of hydrogen-bond acceptors (Lipinski definition) is 3. The van der Waals surface area contributed by atoms with Gasteiger partial charge in [0.15, 0.2) is 5.96 Å². The Morgan fingerprint density at radius 1 is 0.931 bits per heavy atom. The lowest BCUT2D eigenvalue weighted by atomic mass is 10.1. The summed E-state index contributed by atoms with van der Waals surface area (Å²) in [4.78, 5) is 6.46. The predicted octanol–water partition coefficient (Wildman–Crippen LogP) is 3.41. The zero-order chi connectivity index (χ0) is 20.7. The van der Waals surface area contributed by atoms with Gasteiger partial charge in [0.1, 0.15) is 0 Å². The first-order valence-electron chi connectivity index (χ1n) is 9.48. The van der Waals surface area contributed by atoms with Gasteiger partial charge in [0.25, 0.3) is 0 Å². The van der Waals surface area contributed by atoms with Crippen molar-refractivity contribution in [2.24, 2.45) is 4.99 Å². The molecule has 1 aliphatic heterocycles. The highest BCUT2D eigenvalue weighted by atomic mass is 19.4. The lowest BCUT2D eigenvalue weighted by Crippen LogP contribution is -2.36. The van der Waals surface area contributed by atoms with Crippen molar-refractivity contribution in [1.82, 2.24) is 10.6 Å². The van der Waals surface area contributed by atoms with Gasteiger partial charge < -0.3 is 20.3 Å². The van der Waals surface area contributed by atoms with E-state index in [1.165, 1.54) is 17.8 Å². The molecule has 2 N–H and O–H groups in total. The monoisotopic (exact) mass is 406 g/mol. The van der Waals surface area contributed by atoms with Crippen molar-refractivity contribution in [3.8, 4) is 0 Å². The van der Waals surface area contributed by atoms with E-state index < -0.39 is 11.7 Å². The van der Waals surface area contributed by atoms with Crippen LogP contribution in [0.1, 0.15) is 16.7 Å². The van der Waals surface area contributed by atoms with Crippen LogP contribution in [0, 0.1) is 0 Å². The van der Waals surface area contributed by atoms with Crippen LogP contribution in [0.5, 0.6) is 0 Å². The molecule has 1 aliphatic rings. The van der Waals surface area contributed by atoms with Gasteiger partial charge in [0, 0.05) is 38.9 Å². The molecule has 0 unspecified atom stereocenters. The molecule has 0 saturated carbocycles. The predicted molar refractivity (Wildman–Crippen MR) is 108 cm³/mol. The number of ether oxygens (including phenoxy) is 1.